The second-order valence-electron chi connectivity index (χ2n) is 5.06. The summed E-state index contributed by atoms with van der Waals surface area (Å²) in [5.41, 5.74) is -0.257. The predicted molar refractivity (Wildman–Crippen MR) is 71.6 cm³/mol. The van der Waals surface area contributed by atoms with E-state index in [-0.39, 0.29) is 5.54 Å². The molecule has 1 fully saturated rings. The summed E-state index contributed by atoms with van der Waals surface area (Å²) in [7, 11) is 0. The van der Waals surface area contributed by atoms with Crippen molar-refractivity contribution < 1.29 is 0 Å². The van der Waals surface area contributed by atoms with Gasteiger partial charge in [0.05, 0.1) is 6.07 Å². The Labute approximate surface area is 104 Å². The molecule has 1 aliphatic rings. The van der Waals surface area contributed by atoms with Gasteiger partial charge in [-0.2, -0.15) is 17.0 Å². The Morgan fingerprint density at radius 2 is 2.19 bits per heavy atom. The van der Waals surface area contributed by atoms with E-state index in [0.29, 0.717) is 12.0 Å². The third-order valence-corrected chi connectivity index (χ3v) is 4.23. The first-order valence-corrected chi connectivity index (χ1v) is 7.56. The Balaban J connectivity index is 2.46. The SMILES string of the molecule is CCCCSCC(C#N)(NC(C)C)C1CC1. The number of nitrogens with one attached hydrogen (secondary N) is 1. The predicted octanol–water partition coefficient (Wildman–Crippen LogP) is 3.19. The zero-order chi connectivity index (χ0) is 12.0. The molecule has 0 spiro atoms. The van der Waals surface area contributed by atoms with Crippen molar-refractivity contribution in [2.24, 2.45) is 5.92 Å². The maximum absolute atomic E-state index is 9.47. The van der Waals surface area contributed by atoms with Gasteiger partial charge in [0.1, 0.15) is 5.54 Å². The highest BCUT2D eigenvalue weighted by Crippen LogP contribution is 2.41. The van der Waals surface area contributed by atoms with Gasteiger partial charge in [-0.15, -0.1) is 0 Å². The maximum Gasteiger partial charge on any atom is 0.118 e. The van der Waals surface area contributed by atoms with Gasteiger partial charge in [-0.1, -0.05) is 13.3 Å². The van der Waals surface area contributed by atoms with Gasteiger partial charge >= 0.3 is 0 Å². The number of nitrogens with zero attached hydrogens (tertiary/aromatic N) is 1. The smallest absolute Gasteiger partial charge is 0.118 e. The lowest BCUT2D eigenvalue weighted by Gasteiger charge is -2.30. The number of hydrogen-bond acceptors (Lipinski definition) is 3. The Morgan fingerprint density at radius 1 is 1.50 bits per heavy atom. The van der Waals surface area contributed by atoms with Gasteiger partial charge in [0.15, 0.2) is 0 Å². The summed E-state index contributed by atoms with van der Waals surface area (Å²) in [6.45, 7) is 6.47. The topological polar surface area (TPSA) is 35.8 Å². The molecule has 1 N–H and O–H groups in total. The maximum atomic E-state index is 9.47. The molecule has 3 heteroatoms. The van der Waals surface area contributed by atoms with Crippen LogP contribution in [-0.2, 0) is 0 Å². The number of thioether (sulfide) groups is 1. The van der Waals surface area contributed by atoms with Crippen LogP contribution in [0.2, 0.25) is 0 Å². The van der Waals surface area contributed by atoms with Crippen LogP contribution in [0.5, 0.6) is 0 Å². The van der Waals surface area contributed by atoms with E-state index in [1.807, 2.05) is 11.8 Å². The summed E-state index contributed by atoms with van der Waals surface area (Å²) < 4.78 is 0. The molecule has 0 heterocycles. The van der Waals surface area contributed by atoms with E-state index in [2.05, 4.69) is 32.2 Å². The molecule has 0 aromatic carbocycles. The third kappa shape index (κ3) is 3.99. The lowest BCUT2D eigenvalue weighted by Crippen LogP contribution is -2.51. The Hall–Kier alpha value is -0.200. The van der Waals surface area contributed by atoms with Crippen LogP contribution in [0.1, 0.15) is 46.5 Å². The molecule has 0 aromatic heterocycles. The van der Waals surface area contributed by atoms with Crippen molar-refractivity contribution in [2.75, 3.05) is 11.5 Å². The summed E-state index contributed by atoms with van der Waals surface area (Å²) in [5.74, 6) is 2.73. The van der Waals surface area contributed by atoms with E-state index in [4.69, 9.17) is 0 Å². The summed E-state index contributed by atoms with van der Waals surface area (Å²) in [5, 5.41) is 13.0. The van der Waals surface area contributed by atoms with Gasteiger partial charge < -0.3 is 0 Å². The number of rotatable bonds is 8. The molecule has 92 valence electrons. The molecule has 0 radical (unpaired) electrons. The van der Waals surface area contributed by atoms with Crippen molar-refractivity contribution in [3.8, 4) is 6.07 Å². The molecule has 0 aliphatic heterocycles. The number of nitriles is 1. The minimum atomic E-state index is -0.257. The van der Waals surface area contributed by atoms with Crippen LogP contribution in [0.4, 0.5) is 0 Å². The normalized spacial score (nSPS) is 19.4. The highest BCUT2D eigenvalue weighted by atomic mass is 32.2. The van der Waals surface area contributed by atoms with Gasteiger partial charge in [-0.3, -0.25) is 5.32 Å². The van der Waals surface area contributed by atoms with Crippen LogP contribution >= 0.6 is 11.8 Å². The molecule has 1 atom stereocenters. The van der Waals surface area contributed by atoms with Gasteiger partial charge in [0.2, 0.25) is 0 Å². The lowest BCUT2D eigenvalue weighted by molar-refractivity contribution is 0.370. The molecule has 1 aliphatic carbocycles. The first kappa shape index (κ1) is 13.9. The zero-order valence-electron chi connectivity index (χ0n) is 10.8. The highest BCUT2D eigenvalue weighted by molar-refractivity contribution is 7.99. The zero-order valence-corrected chi connectivity index (χ0v) is 11.6. The van der Waals surface area contributed by atoms with Crippen LogP contribution in [0.15, 0.2) is 0 Å². The van der Waals surface area contributed by atoms with Crippen LogP contribution in [-0.4, -0.2) is 23.1 Å². The molecule has 1 unspecified atom stereocenters. The van der Waals surface area contributed by atoms with Crippen molar-refractivity contribution in [1.82, 2.24) is 5.32 Å². The second kappa shape index (κ2) is 6.51. The minimum Gasteiger partial charge on any atom is -0.296 e. The molecule has 2 nitrogen and oxygen atoms in total. The van der Waals surface area contributed by atoms with Crippen molar-refractivity contribution >= 4 is 11.8 Å². The Bertz CT molecular complexity index is 243. The summed E-state index contributed by atoms with van der Waals surface area (Å²) in [4.78, 5) is 0. The van der Waals surface area contributed by atoms with Crippen LogP contribution < -0.4 is 5.32 Å². The van der Waals surface area contributed by atoms with Crippen molar-refractivity contribution in [3.05, 3.63) is 0 Å². The summed E-state index contributed by atoms with van der Waals surface area (Å²) >= 11 is 1.93. The van der Waals surface area contributed by atoms with Crippen LogP contribution in [0.3, 0.4) is 0 Å². The van der Waals surface area contributed by atoms with Gasteiger partial charge in [-0.05, 0) is 44.8 Å². The average Bonchev–Trinajstić information content (AvgIpc) is 3.06. The first-order valence-electron chi connectivity index (χ1n) is 6.41. The van der Waals surface area contributed by atoms with Crippen LogP contribution in [0, 0.1) is 17.2 Å². The van der Waals surface area contributed by atoms with Crippen molar-refractivity contribution in [2.45, 2.75) is 58.0 Å². The minimum absolute atomic E-state index is 0.257. The van der Waals surface area contributed by atoms with Crippen molar-refractivity contribution in [3.63, 3.8) is 0 Å². The van der Waals surface area contributed by atoms with E-state index in [9.17, 15) is 5.26 Å². The Kier molecular flexibility index (Phi) is 5.64. The molecule has 0 saturated heterocycles. The molecule has 0 bridgehead atoms. The second-order valence-corrected chi connectivity index (χ2v) is 6.17. The fourth-order valence-corrected chi connectivity index (χ4v) is 3.35. The summed E-state index contributed by atoms with van der Waals surface area (Å²) in [6, 6.07) is 2.95. The van der Waals surface area contributed by atoms with E-state index < -0.39 is 0 Å². The molecule has 16 heavy (non-hydrogen) atoms. The largest absolute Gasteiger partial charge is 0.296 e. The van der Waals surface area contributed by atoms with E-state index in [0.717, 1.165) is 5.75 Å². The van der Waals surface area contributed by atoms with Gasteiger partial charge in [0, 0.05) is 11.8 Å². The third-order valence-electron chi connectivity index (χ3n) is 2.99. The molecule has 0 amide bonds. The van der Waals surface area contributed by atoms with E-state index >= 15 is 0 Å². The molecular weight excluding hydrogens is 216 g/mol. The highest BCUT2D eigenvalue weighted by Gasteiger charge is 2.45. The molecule has 1 rings (SSSR count). The standard InChI is InChI=1S/C13H24N2S/c1-4-5-8-16-10-13(9-14,12-6-7-12)15-11(2)3/h11-12,15H,4-8,10H2,1-3H3. The molecular formula is C13H24N2S. The van der Waals surface area contributed by atoms with Gasteiger partial charge in [0.25, 0.3) is 0 Å². The van der Waals surface area contributed by atoms with Crippen LogP contribution in [0.25, 0.3) is 0 Å². The number of hydrogen-bond donors (Lipinski definition) is 1. The average molecular weight is 240 g/mol. The molecule has 1 saturated carbocycles. The van der Waals surface area contributed by atoms with E-state index in [1.54, 1.807) is 0 Å². The quantitative estimate of drug-likeness (QED) is 0.662. The Morgan fingerprint density at radius 3 is 2.62 bits per heavy atom. The van der Waals surface area contributed by atoms with Gasteiger partial charge in [-0.25, -0.2) is 0 Å². The lowest BCUT2D eigenvalue weighted by atomic mass is 9.96. The number of unbranched alkanes of at least 4 members (excludes halogenated alkanes) is 1. The van der Waals surface area contributed by atoms with Crippen molar-refractivity contribution in [1.29, 1.82) is 5.26 Å². The first-order chi connectivity index (χ1) is 7.64. The molecule has 0 aromatic rings. The monoisotopic (exact) mass is 240 g/mol. The van der Waals surface area contributed by atoms with E-state index in [1.165, 1.54) is 31.4 Å². The fraction of sp³-hybridized carbons (Fsp3) is 0.923. The fourth-order valence-electron chi connectivity index (χ4n) is 2.00. The summed E-state index contributed by atoms with van der Waals surface area (Å²) in [6.07, 6.45) is 4.95.